The van der Waals surface area contributed by atoms with Crippen molar-refractivity contribution < 1.29 is 4.74 Å². The molecule has 0 N–H and O–H groups in total. The number of ether oxygens (including phenoxy) is 1. The topological polar surface area (TPSA) is 12.5 Å². The lowest BCUT2D eigenvalue weighted by Gasteiger charge is -2.10. The van der Waals surface area contributed by atoms with Gasteiger partial charge in [0.25, 0.3) is 0 Å². The highest BCUT2D eigenvalue weighted by molar-refractivity contribution is 5.34. The maximum atomic E-state index is 5.42. The molecule has 12 heavy (non-hydrogen) atoms. The minimum atomic E-state index is 0.0343. The molecule has 1 aliphatic heterocycles. The number of epoxide rings is 1. The van der Waals surface area contributed by atoms with Crippen LogP contribution in [-0.4, -0.2) is 6.61 Å². The highest BCUT2D eigenvalue weighted by Crippen LogP contribution is 2.39. The van der Waals surface area contributed by atoms with E-state index in [2.05, 4.69) is 38.1 Å². The van der Waals surface area contributed by atoms with Gasteiger partial charge in [0.2, 0.25) is 0 Å². The number of hydrogen-bond acceptors (Lipinski definition) is 1. The predicted molar refractivity (Wildman–Crippen MR) is 49.1 cm³/mol. The van der Waals surface area contributed by atoms with Crippen LogP contribution >= 0.6 is 0 Å². The van der Waals surface area contributed by atoms with Crippen molar-refractivity contribution in [2.75, 3.05) is 6.61 Å². The monoisotopic (exact) mass is 162 g/mol. The van der Waals surface area contributed by atoms with Gasteiger partial charge in [0.1, 0.15) is 5.60 Å². The van der Waals surface area contributed by atoms with E-state index >= 15 is 0 Å². The zero-order valence-electron chi connectivity index (χ0n) is 7.63. The molecule has 1 saturated heterocycles. The van der Waals surface area contributed by atoms with Crippen LogP contribution in [0.5, 0.6) is 0 Å². The summed E-state index contributed by atoms with van der Waals surface area (Å²) in [6, 6.07) is 8.53. The van der Waals surface area contributed by atoms with Crippen molar-refractivity contribution >= 4 is 0 Å². The first kappa shape index (κ1) is 7.81. The maximum Gasteiger partial charge on any atom is 0.114 e. The molecule has 0 aromatic heterocycles. The summed E-state index contributed by atoms with van der Waals surface area (Å²) < 4.78 is 5.42. The van der Waals surface area contributed by atoms with Gasteiger partial charge >= 0.3 is 0 Å². The van der Waals surface area contributed by atoms with Crippen LogP contribution in [0.3, 0.4) is 0 Å². The number of aryl methyl sites for hydroxylation is 1. The molecule has 2 rings (SSSR count). The van der Waals surface area contributed by atoms with Crippen LogP contribution in [0.2, 0.25) is 0 Å². The molecule has 0 aliphatic carbocycles. The molecule has 1 unspecified atom stereocenters. The molecule has 1 aromatic carbocycles. The van der Waals surface area contributed by atoms with Gasteiger partial charge < -0.3 is 4.74 Å². The Labute approximate surface area is 73.4 Å². The van der Waals surface area contributed by atoms with Crippen LogP contribution in [-0.2, 0) is 16.8 Å². The smallest absolute Gasteiger partial charge is 0.114 e. The Bertz CT molecular complexity index is 287. The molecule has 0 radical (unpaired) electrons. The summed E-state index contributed by atoms with van der Waals surface area (Å²) in [5, 5.41) is 0. The Kier molecular flexibility index (Phi) is 1.69. The zero-order valence-corrected chi connectivity index (χ0v) is 7.63. The molecule has 1 nitrogen and oxygen atoms in total. The molecule has 1 heteroatoms. The van der Waals surface area contributed by atoms with Crippen LogP contribution in [0.4, 0.5) is 0 Å². The van der Waals surface area contributed by atoms with Gasteiger partial charge in [-0.25, -0.2) is 0 Å². The van der Waals surface area contributed by atoms with E-state index in [1.165, 1.54) is 11.1 Å². The average molecular weight is 162 g/mol. The molecule has 1 fully saturated rings. The molecular weight excluding hydrogens is 148 g/mol. The van der Waals surface area contributed by atoms with Crippen molar-refractivity contribution in [1.29, 1.82) is 0 Å². The van der Waals surface area contributed by atoms with Crippen LogP contribution in [0.25, 0.3) is 0 Å². The molecular formula is C11H14O. The summed E-state index contributed by atoms with van der Waals surface area (Å²) >= 11 is 0. The molecule has 0 amide bonds. The lowest BCUT2D eigenvalue weighted by molar-refractivity contribution is 0.328. The van der Waals surface area contributed by atoms with Crippen LogP contribution in [0, 0.1) is 0 Å². The van der Waals surface area contributed by atoms with Gasteiger partial charge in [0.15, 0.2) is 0 Å². The summed E-state index contributed by atoms with van der Waals surface area (Å²) in [6.07, 6.45) is 1.09. The fourth-order valence-electron chi connectivity index (χ4n) is 1.61. The molecule has 64 valence electrons. The fraction of sp³-hybridized carbons (Fsp3) is 0.455. The van der Waals surface area contributed by atoms with E-state index in [0.717, 1.165) is 13.0 Å². The van der Waals surface area contributed by atoms with Gasteiger partial charge in [0.05, 0.1) is 6.61 Å². The normalized spacial score (nSPS) is 27.2. The maximum absolute atomic E-state index is 5.42. The Hall–Kier alpha value is -0.820. The minimum Gasteiger partial charge on any atom is -0.365 e. The number of rotatable bonds is 2. The third-order valence-electron chi connectivity index (χ3n) is 2.55. The Morgan fingerprint density at radius 3 is 2.67 bits per heavy atom. The van der Waals surface area contributed by atoms with Gasteiger partial charge in [-0.15, -0.1) is 0 Å². The summed E-state index contributed by atoms with van der Waals surface area (Å²) in [5.74, 6) is 0. The third kappa shape index (κ3) is 1.14. The second-order valence-corrected chi connectivity index (χ2v) is 3.53. The SMILES string of the molecule is CCc1ccccc1C1(C)CO1. The zero-order chi connectivity index (χ0) is 8.60. The second kappa shape index (κ2) is 2.60. The van der Waals surface area contributed by atoms with Crippen molar-refractivity contribution in [2.45, 2.75) is 25.9 Å². The van der Waals surface area contributed by atoms with Gasteiger partial charge in [-0.1, -0.05) is 31.2 Å². The van der Waals surface area contributed by atoms with Crippen LogP contribution in [0.15, 0.2) is 24.3 Å². The van der Waals surface area contributed by atoms with Crippen molar-refractivity contribution in [3.05, 3.63) is 35.4 Å². The van der Waals surface area contributed by atoms with E-state index in [9.17, 15) is 0 Å². The third-order valence-corrected chi connectivity index (χ3v) is 2.55. The van der Waals surface area contributed by atoms with Crippen molar-refractivity contribution in [1.82, 2.24) is 0 Å². The first-order valence-electron chi connectivity index (χ1n) is 4.48. The second-order valence-electron chi connectivity index (χ2n) is 3.53. The van der Waals surface area contributed by atoms with E-state index in [-0.39, 0.29) is 5.60 Å². The van der Waals surface area contributed by atoms with Crippen molar-refractivity contribution in [2.24, 2.45) is 0 Å². The fourth-order valence-corrected chi connectivity index (χ4v) is 1.61. The summed E-state index contributed by atoms with van der Waals surface area (Å²) in [6.45, 7) is 5.22. The van der Waals surface area contributed by atoms with Crippen LogP contribution in [0.1, 0.15) is 25.0 Å². The Morgan fingerprint density at radius 1 is 1.42 bits per heavy atom. The minimum absolute atomic E-state index is 0.0343. The van der Waals surface area contributed by atoms with Gasteiger partial charge in [-0.3, -0.25) is 0 Å². The van der Waals surface area contributed by atoms with Crippen LogP contribution < -0.4 is 0 Å². The average Bonchev–Trinajstić information content (AvgIpc) is 2.85. The largest absolute Gasteiger partial charge is 0.365 e. The predicted octanol–water partition coefficient (Wildman–Crippen LogP) is 2.49. The van der Waals surface area contributed by atoms with Gasteiger partial charge in [0, 0.05) is 0 Å². The van der Waals surface area contributed by atoms with Crippen molar-refractivity contribution in [3.63, 3.8) is 0 Å². The number of hydrogen-bond donors (Lipinski definition) is 0. The van der Waals surface area contributed by atoms with E-state index in [1.807, 2.05) is 0 Å². The standard InChI is InChI=1S/C11H14O/c1-3-9-6-4-5-7-10(9)11(2)8-12-11/h4-7H,3,8H2,1-2H3. The van der Waals surface area contributed by atoms with Crippen molar-refractivity contribution in [3.8, 4) is 0 Å². The highest BCUT2D eigenvalue weighted by atomic mass is 16.6. The molecule has 1 heterocycles. The van der Waals surface area contributed by atoms with E-state index in [0.29, 0.717) is 0 Å². The van der Waals surface area contributed by atoms with Gasteiger partial charge in [-0.05, 0) is 24.5 Å². The molecule has 1 atom stereocenters. The van der Waals surface area contributed by atoms with Gasteiger partial charge in [-0.2, -0.15) is 0 Å². The Morgan fingerprint density at radius 2 is 2.08 bits per heavy atom. The summed E-state index contributed by atoms with van der Waals surface area (Å²) in [7, 11) is 0. The lowest BCUT2D eigenvalue weighted by atomic mass is 9.95. The lowest BCUT2D eigenvalue weighted by Crippen LogP contribution is -2.05. The van der Waals surface area contributed by atoms with E-state index in [4.69, 9.17) is 4.74 Å². The first-order chi connectivity index (χ1) is 5.76. The molecule has 1 aliphatic rings. The quantitative estimate of drug-likeness (QED) is 0.609. The summed E-state index contributed by atoms with van der Waals surface area (Å²) in [5.41, 5.74) is 2.82. The summed E-state index contributed by atoms with van der Waals surface area (Å²) in [4.78, 5) is 0. The van der Waals surface area contributed by atoms with E-state index < -0.39 is 0 Å². The highest BCUT2D eigenvalue weighted by Gasteiger charge is 2.42. The molecule has 0 saturated carbocycles. The molecule has 1 aromatic rings. The molecule has 0 bridgehead atoms. The number of benzene rings is 1. The molecule has 0 spiro atoms. The van der Waals surface area contributed by atoms with E-state index in [1.54, 1.807) is 0 Å². The Balaban J connectivity index is 2.42. The first-order valence-corrected chi connectivity index (χ1v) is 4.48.